The molecule has 12 rings (SSSR count). The van der Waals surface area contributed by atoms with Crippen LogP contribution < -0.4 is 0 Å². The zero-order valence-corrected chi connectivity index (χ0v) is 32.2. The van der Waals surface area contributed by atoms with Crippen molar-refractivity contribution in [3.05, 3.63) is 163 Å². The first-order valence-corrected chi connectivity index (χ1v) is 20.1. The van der Waals surface area contributed by atoms with Crippen molar-refractivity contribution in [1.82, 2.24) is 24.9 Å². The molecular weight excluding hydrogens is 735 g/mol. The van der Waals surface area contributed by atoms with Crippen molar-refractivity contribution < 1.29 is 8.83 Å². The van der Waals surface area contributed by atoms with Crippen molar-refractivity contribution in [2.75, 3.05) is 0 Å². The molecule has 0 saturated carbocycles. The Bertz CT molecular complexity index is 3310. The molecule has 0 saturated heterocycles. The van der Waals surface area contributed by atoms with Crippen LogP contribution >= 0.6 is 11.3 Å². The number of oxazole rings is 1. The minimum atomic E-state index is -0.192. The Morgan fingerprint density at radius 1 is 0.448 bits per heavy atom. The molecule has 0 atom stereocenters. The van der Waals surface area contributed by atoms with Gasteiger partial charge in [-0.25, -0.2) is 24.9 Å². The number of thiazole rings is 1. The van der Waals surface area contributed by atoms with Crippen molar-refractivity contribution in [2.45, 2.75) is 19.3 Å². The van der Waals surface area contributed by atoms with Crippen LogP contribution in [0.2, 0.25) is 0 Å². The second kappa shape index (κ2) is 12.4. The van der Waals surface area contributed by atoms with E-state index in [4.69, 9.17) is 33.8 Å². The highest BCUT2D eigenvalue weighted by molar-refractivity contribution is 7.21. The summed E-state index contributed by atoms with van der Waals surface area (Å²) in [5.74, 6) is 2.16. The number of benzene rings is 7. The van der Waals surface area contributed by atoms with Gasteiger partial charge < -0.3 is 8.83 Å². The van der Waals surface area contributed by atoms with E-state index >= 15 is 0 Å². The normalized spacial score (nSPS) is 13.1. The highest BCUT2D eigenvalue weighted by atomic mass is 32.1. The van der Waals surface area contributed by atoms with Gasteiger partial charge in [0.05, 0.1) is 10.2 Å². The maximum absolute atomic E-state index is 6.36. The Balaban J connectivity index is 1.11. The first-order valence-electron chi connectivity index (χ1n) is 19.2. The lowest BCUT2D eigenvalue weighted by Crippen LogP contribution is -2.15. The third-order valence-corrected chi connectivity index (χ3v) is 12.5. The molecule has 274 valence electrons. The van der Waals surface area contributed by atoms with Gasteiger partial charge >= 0.3 is 0 Å². The summed E-state index contributed by atoms with van der Waals surface area (Å²) in [6, 6.07) is 51.7. The molecule has 0 N–H and O–H groups in total. The first kappa shape index (κ1) is 32.9. The average molecular weight is 766 g/mol. The molecule has 7 nitrogen and oxygen atoms in total. The van der Waals surface area contributed by atoms with Crippen molar-refractivity contribution in [3.8, 4) is 67.3 Å². The second-order valence-corrected chi connectivity index (χ2v) is 16.3. The number of para-hydroxylation sites is 4. The third kappa shape index (κ3) is 5.08. The van der Waals surface area contributed by atoms with Gasteiger partial charge in [-0.3, -0.25) is 0 Å². The summed E-state index contributed by atoms with van der Waals surface area (Å²) in [7, 11) is 0. The molecule has 8 heteroatoms. The van der Waals surface area contributed by atoms with Gasteiger partial charge in [0.2, 0.25) is 5.89 Å². The van der Waals surface area contributed by atoms with Crippen LogP contribution in [0.25, 0.3) is 111 Å². The number of nitrogens with zero attached hydrogens (tertiary/aromatic N) is 5. The summed E-state index contributed by atoms with van der Waals surface area (Å²) < 4.78 is 13.8. The predicted molar refractivity (Wildman–Crippen MR) is 233 cm³/mol. The Kier molecular flexibility index (Phi) is 7.01. The Hall–Kier alpha value is -7.29. The summed E-state index contributed by atoms with van der Waals surface area (Å²) in [5.41, 5.74) is 13.2. The van der Waals surface area contributed by atoms with Crippen molar-refractivity contribution in [2.24, 2.45) is 0 Å². The number of rotatable bonds is 5. The fourth-order valence-electron chi connectivity index (χ4n) is 8.55. The van der Waals surface area contributed by atoms with Crippen LogP contribution in [0.4, 0.5) is 0 Å². The SMILES string of the molecule is CC1(C)c2ccccc2-c2ccc(-c3nc(-c4cc(-c5nc6ccccc6o5)cc(-c5nc6ccccc6s5)c4)nc(-c4cccc5oc6ccccc6c45)n3)cc21. The second-order valence-electron chi connectivity index (χ2n) is 15.3. The summed E-state index contributed by atoms with van der Waals surface area (Å²) in [6.07, 6.45) is 0. The van der Waals surface area contributed by atoms with Crippen LogP contribution in [0.15, 0.2) is 160 Å². The van der Waals surface area contributed by atoms with Crippen LogP contribution in [0, 0.1) is 0 Å². The van der Waals surface area contributed by atoms with E-state index in [2.05, 4.69) is 92.7 Å². The molecule has 0 unspecified atom stereocenters. The van der Waals surface area contributed by atoms with Crippen LogP contribution in [0.5, 0.6) is 0 Å². The zero-order valence-electron chi connectivity index (χ0n) is 31.4. The fourth-order valence-corrected chi connectivity index (χ4v) is 9.51. The molecule has 4 aromatic heterocycles. The summed E-state index contributed by atoms with van der Waals surface area (Å²) in [5, 5.41) is 2.84. The lowest BCUT2D eigenvalue weighted by Gasteiger charge is -2.21. The molecular formula is C50H31N5O2S. The highest BCUT2D eigenvalue weighted by Crippen LogP contribution is 2.49. The van der Waals surface area contributed by atoms with Crippen molar-refractivity contribution in [3.63, 3.8) is 0 Å². The Labute approximate surface area is 336 Å². The predicted octanol–water partition coefficient (Wildman–Crippen LogP) is 13.2. The minimum absolute atomic E-state index is 0.192. The average Bonchev–Trinajstić information content (AvgIpc) is 4.05. The topological polar surface area (TPSA) is 90.7 Å². The molecule has 0 aliphatic heterocycles. The summed E-state index contributed by atoms with van der Waals surface area (Å²) >= 11 is 1.65. The number of fused-ring (bicyclic) bond motifs is 8. The molecule has 0 radical (unpaired) electrons. The molecule has 0 amide bonds. The van der Waals surface area contributed by atoms with E-state index in [-0.39, 0.29) is 5.41 Å². The van der Waals surface area contributed by atoms with E-state index < -0.39 is 0 Å². The highest BCUT2D eigenvalue weighted by Gasteiger charge is 2.35. The largest absolute Gasteiger partial charge is 0.456 e. The maximum atomic E-state index is 6.36. The smallest absolute Gasteiger partial charge is 0.227 e. The Morgan fingerprint density at radius 2 is 1.12 bits per heavy atom. The number of furan rings is 1. The van der Waals surface area contributed by atoms with E-state index in [1.54, 1.807) is 11.3 Å². The molecule has 1 aliphatic carbocycles. The number of hydrogen-bond acceptors (Lipinski definition) is 8. The van der Waals surface area contributed by atoms with E-state index in [0.29, 0.717) is 23.4 Å². The fraction of sp³-hybridized carbons (Fsp3) is 0.0600. The van der Waals surface area contributed by atoms with Gasteiger partial charge in [0.25, 0.3) is 0 Å². The van der Waals surface area contributed by atoms with Crippen LogP contribution in [-0.4, -0.2) is 24.9 Å². The van der Waals surface area contributed by atoms with E-state index in [0.717, 1.165) is 76.1 Å². The Morgan fingerprint density at radius 3 is 2.00 bits per heavy atom. The molecule has 0 bridgehead atoms. The quantitative estimate of drug-likeness (QED) is 0.172. The molecule has 0 spiro atoms. The van der Waals surface area contributed by atoms with Gasteiger partial charge in [-0.1, -0.05) is 105 Å². The lowest BCUT2D eigenvalue weighted by molar-refractivity contribution is 0.620. The third-order valence-electron chi connectivity index (χ3n) is 11.4. The zero-order chi connectivity index (χ0) is 38.5. The summed E-state index contributed by atoms with van der Waals surface area (Å²) in [6.45, 7) is 4.58. The van der Waals surface area contributed by atoms with Crippen LogP contribution in [0.3, 0.4) is 0 Å². The standard InChI is InChI=1S/C50H31N5O2S/c1-50(2)36-15-5-3-12-32(36)33-23-22-28(27-37(33)50)45-53-46(55-47(54-45)35-14-11-20-42-44(35)34-13-4-8-18-40(34)56-42)29-24-30(48-51-38-16-6-9-19-41(38)57-48)26-31(25-29)49-52-39-17-7-10-21-43(39)58-49/h3-27H,1-2H3. The maximum Gasteiger partial charge on any atom is 0.227 e. The molecule has 1 aliphatic rings. The van der Waals surface area contributed by atoms with E-state index in [1.165, 1.54) is 22.3 Å². The molecule has 0 fully saturated rings. The van der Waals surface area contributed by atoms with Crippen LogP contribution in [-0.2, 0) is 5.41 Å². The van der Waals surface area contributed by atoms with Crippen molar-refractivity contribution >= 4 is 54.6 Å². The van der Waals surface area contributed by atoms with Gasteiger partial charge in [0.1, 0.15) is 21.7 Å². The van der Waals surface area contributed by atoms with E-state index in [1.807, 2.05) is 72.8 Å². The molecule has 7 aromatic carbocycles. The van der Waals surface area contributed by atoms with E-state index in [9.17, 15) is 0 Å². The van der Waals surface area contributed by atoms with Gasteiger partial charge in [-0.15, -0.1) is 11.3 Å². The lowest BCUT2D eigenvalue weighted by atomic mass is 9.82. The van der Waals surface area contributed by atoms with Crippen molar-refractivity contribution in [1.29, 1.82) is 0 Å². The number of aromatic nitrogens is 5. The van der Waals surface area contributed by atoms with Gasteiger partial charge in [-0.05, 0) is 82.9 Å². The van der Waals surface area contributed by atoms with Gasteiger partial charge in [0.15, 0.2) is 23.1 Å². The summed E-state index contributed by atoms with van der Waals surface area (Å²) in [4.78, 5) is 25.8. The minimum Gasteiger partial charge on any atom is -0.456 e. The van der Waals surface area contributed by atoms with Gasteiger partial charge in [0, 0.05) is 44.0 Å². The monoisotopic (exact) mass is 765 g/mol. The molecule has 11 aromatic rings. The molecule has 4 heterocycles. The molecule has 58 heavy (non-hydrogen) atoms. The van der Waals surface area contributed by atoms with Gasteiger partial charge in [-0.2, -0.15) is 0 Å². The first-order chi connectivity index (χ1) is 28.4. The van der Waals surface area contributed by atoms with Crippen LogP contribution in [0.1, 0.15) is 25.0 Å². The number of hydrogen-bond donors (Lipinski definition) is 0.